The molecule has 0 aliphatic heterocycles. The van der Waals surface area contributed by atoms with Crippen LogP contribution in [0.3, 0.4) is 0 Å². The fraction of sp³-hybridized carbons (Fsp3) is 0.286. The van der Waals surface area contributed by atoms with E-state index in [0.29, 0.717) is 29.2 Å². The number of aromatic nitrogens is 1. The molecule has 0 bridgehead atoms. The van der Waals surface area contributed by atoms with Gasteiger partial charge in [-0.15, -0.1) is 0 Å². The van der Waals surface area contributed by atoms with Gasteiger partial charge in [-0.25, -0.2) is 14.2 Å². The normalized spacial score (nSPS) is 11.7. The smallest absolute Gasteiger partial charge is 0.315 e. The molecular formula is C21H23FN4O3S. The molecule has 0 saturated carbocycles. The van der Waals surface area contributed by atoms with Crippen LogP contribution in [0.5, 0.6) is 5.75 Å². The number of hydrogen-bond donors (Lipinski definition) is 3. The summed E-state index contributed by atoms with van der Waals surface area (Å²) >= 11 is 1.34. The number of anilines is 1. The van der Waals surface area contributed by atoms with Crippen molar-refractivity contribution < 1.29 is 18.7 Å². The molecule has 9 heteroatoms. The van der Waals surface area contributed by atoms with Gasteiger partial charge in [0.2, 0.25) is 5.91 Å². The van der Waals surface area contributed by atoms with Crippen LogP contribution in [-0.4, -0.2) is 30.1 Å². The molecule has 1 unspecified atom stereocenters. The second kappa shape index (κ2) is 10.0. The van der Waals surface area contributed by atoms with Gasteiger partial charge in [-0.1, -0.05) is 42.9 Å². The van der Waals surface area contributed by atoms with E-state index in [1.807, 2.05) is 19.1 Å². The SMILES string of the molecule is CCCC(NC(=O)NCc1ccc(F)cc1)C(=O)Nc1nc2c(OC)cccc2s1. The number of fused-ring (bicyclic) bond motifs is 1. The van der Waals surface area contributed by atoms with E-state index >= 15 is 0 Å². The topological polar surface area (TPSA) is 92.4 Å². The highest BCUT2D eigenvalue weighted by molar-refractivity contribution is 7.22. The quantitative estimate of drug-likeness (QED) is 0.503. The first kappa shape index (κ1) is 21.5. The molecule has 3 rings (SSSR count). The van der Waals surface area contributed by atoms with Crippen molar-refractivity contribution >= 4 is 38.6 Å². The monoisotopic (exact) mass is 430 g/mol. The Morgan fingerprint density at radius 1 is 1.20 bits per heavy atom. The predicted octanol–water partition coefficient (Wildman–Crippen LogP) is 4.05. The third kappa shape index (κ3) is 5.44. The molecule has 0 aliphatic carbocycles. The van der Waals surface area contributed by atoms with E-state index < -0.39 is 12.1 Å². The summed E-state index contributed by atoms with van der Waals surface area (Å²) in [5.74, 6) is -0.0465. The van der Waals surface area contributed by atoms with Gasteiger partial charge in [-0.2, -0.15) is 0 Å². The second-order valence-corrected chi connectivity index (χ2v) is 7.64. The zero-order chi connectivity index (χ0) is 21.5. The van der Waals surface area contributed by atoms with Crippen molar-refractivity contribution in [1.29, 1.82) is 0 Å². The summed E-state index contributed by atoms with van der Waals surface area (Å²) in [6.45, 7) is 2.16. The molecule has 158 valence electrons. The van der Waals surface area contributed by atoms with Crippen LogP contribution >= 0.6 is 11.3 Å². The molecule has 30 heavy (non-hydrogen) atoms. The summed E-state index contributed by atoms with van der Waals surface area (Å²) in [6, 6.07) is 10.2. The van der Waals surface area contributed by atoms with Gasteiger partial charge in [0.25, 0.3) is 0 Å². The highest BCUT2D eigenvalue weighted by Gasteiger charge is 2.21. The molecule has 0 fully saturated rings. The molecule has 1 aromatic heterocycles. The van der Waals surface area contributed by atoms with Crippen LogP contribution in [-0.2, 0) is 11.3 Å². The van der Waals surface area contributed by atoms with Crippen molar-refractivity contribution in [2.75, 3.05) is 12.4 Å². The Hall–Kier alpha value is -3.20. The number of nitrogens with one attached hydrogen (secondary N) is 3. The van der Waals surface area contributed by atoms with Crippen LogP contribution in [0.15, 0.2) is 42.5 Å². The Kier molecular flexibility index (Phi) is 7.18. The number of thiazole rings is 1. The minimum absolute atomic E-state index is 0.226. The lowest BCUT2D eigenvalue weighted by molar-refractivity contribution is -0.118. The van der Waals surface area contributed by atoms with Crippen LogP contribution in [0.4, 0.5) is 14.3 Å². The van der Waals surface area contributed by atoms with E-state index in [-0.39, 0.29) is 18.3 Å². The summed E-state index contributed by atoms with van der Waals surface area (Å²) in [6.07, 6.45) is 1.19. The minimum Gasteiger partial charge on any atom is -0.494 e. The summed E-state index contributed by atoms with van der Waals surface area (Å²) < 4.78 is 19.2. The number of methoxy groups -OCH3 is 1. The number of nitrogens with zero attached hydrogens (tertiary/aromatic N) is 1. The Balaban J connectivity index is 1.61. The fourth-order valence-electron chi connectivity index (χ4n) is 2.89. The molecule has 1 atom stereocenters. The fourth-order valence-corrected chi connectivity index (χ4v) is 3.77. The average Bonchev–Trinajstić information content (AvgIpc) is 3.15. The van der Waals surface area contributed by atoms with E-state index in [4.69, 9.17) is 4.74 Å². The second-order valence-electron chi connectivity index (χ2n) is 6.61. The molecular weight excluding hydrogens is 407 g/mol. The summed E-state index contributed by atoms with van der Waals surface area (Å²) in [4.78, 5) is 29.4. The number of para-hydroxylation sites is 1. The van der Waals surface area contributed by atoms with E-state index in [1.165, 1.54) is 23.5 Å². The maximum absolute atomic E-state index is 13.0. The maximum atomic E-state index is 13.0. The first-order valence-electron chi connectivity index (χ1n) is 9.53. The molecule has 3 aromatic rings. The standard InChI is InChI=1S/C21H23FN4O3S/c1-3-5-15(24-20(28)23-12-13-8-10-14(22)11-9-13)19(27)26-21-25-18-16(29-2)6-4-7-17(18)30-21/h4,6-11,15H,3,5,12H2,1-2H3,(H2,23,24,28)(H,25,26,27). The van der Waals surface area contributed by atoms with Crippen LogP contribution in [0.1, 0.15) is 25.3 Å². The number of amides is 3. The van der Waals surface area contributed by atoms with Gasteiger partial charge in [0.05, 0.1) is 11.8 Å². The molecule has 1 heterocycles. The Bertz CT molecular complexity index is 1020. The highest BCUT2D eigenvalue weighted by atomic mass is 32.1. The van der Waals surface area contributed by atoms with Crippen LogP contribution in [0.25, 0.3) is 10.2 Å². The zero-order valence-electron chi connectivity index (χ0n) is 16.7. The number of hydrogen-bond acceptors (Lipinski definition) is 5. The molecule has 3 N–H and O–H groups in total. The zero-order valence-corrected chi connectivity index (χ0v) is 17.5. The first-order chi connectivity index (χ1) is 14.5. The highest BCUT2D eigenvalue weighted by Crippen LogP contribution is 2.32. The van der Waals surface area contributed by atoms with Crippen LogP contribution in [0, 0.1) is 5.82 Å². The Morgan fingerprint density at radius 3 is 2.67 bits per heavy atom. The lowest BCUT2D eigenvalue weighted by atomic mass is 10.1. The van der Waals surface area contributed by atoms with Crippen molar-refractivity contribution in [2.24, 2.45) is 0 Å². The number of halogens is 1. The number of ether oxygens (including phenoxy) is 1. The lowest BCUT2D eigenvalue weighted by Crippen LogP contribution is -2.47. The van der Waals surface area contributed by atoms with Crippen molar-refractivity contribution in [3.8, 4) is 5.75 Å². The van der Waals surface area contributed by atoms with Crippen LogP contribution in [0.2, 0.25) is 0 Å². The Labute approximate surface area is 177 Å². The van der Waals surface area contributed by atoms with Gasteiger partial charge in [-0.05, 0) is 36.2 Å². The van der Waals surface area contributed by atoms with Crippen LogP contribution < -0.4 is 20.7 Å². The van der Waals surface area contributed by atoms with Gasteiger partial charge >= 0.3 is 6.03 Å². The van der Waals surface area contributed by atoms with E-state index in [9.17, 15) is 14.0 Å². The van der Waals surface area contributed by atoms with Crippen molar-refractivity contribution in [3.05, 3.63) is 53.8 Å². The number of carbonyl (C=O) groups excluding carboxylic acids is 2. The van der Waals surface area contributed by atoms with Gasteiger partial charge in [-0.3, -0.25) is 4.79 Å². The van der Waals surface area contributed by atoms with E-state index in [1.54, 1.807) is 25.3 Å². The number of urea groups is 1. The predicted molar refractivity (Wildman–Crippen MR) is 115 cm³/mol. The van der Waals surface area contributed by atoms with Gasteiger partial charge < -0.3 is 20.7 Å². The number of benzene rings is 2. The third-order valence-corrected chi connectivity index (χ3v) is 5.33. The van der Waals surface area contributed by atoms with Gasteiger partial charge in [0.15, 0.2) is 5.13 Å². The molecule has 7 nitrogen and oxygen atoms in total. The number of carbonyl (C=O) groups is 2. The molecule has 0 spiro atoms. The molecule has 0 saturated heterocycles. The van der Waals surface area contributed by atoms with E-state index in [0.717, 1.165) is 10.3 Å². The largest absolute Gasteiger partial charge is 0.494 e. The molecule has 0 aliphatic rings. The number of rotatable bonds is 8. The van der Waals surface area contributed by atoms with Crippen molar-refractivity contribution in [2.45, 2.75) is 32.4 Å². The molecule has 0 radical (unpaired) electrons. The summed E-state index contributed by atoms with van der Waals surface area (Å²) in [7, 11) is 1.57. The molecule has 2 aromatic carbocycles. The maximum Gasteiger partial charge on any atom is 0.315 e. The summed E-state index contributed by atoms with van der Waals surface area (Å²) in [5, 5.41) is 8.59. The minimum atomic E-state index is -0.711. The summed E-state index contributed by atoms with van der Waals surface area (Å²) in [5.41, 5.74) is 1.43. The van der Waals surface area contributed by atoms with E-state index in [2.05, 4.69) is 20.9 Å². The average molecular weight is 431 g/mol. The lowest BCUT2D eigenvalue weighted by Gasteiger charge is -2.17. The van der Waals surface area contributed by atoms with Crippen molar-refractivity contribution in [3.63, 3.8) is 0 Å². The molecule has 3 amide bonds. The Morgan fingerprint density at radius 2 is 1.97 bits per heavy atom. The first-order valence-corrected chi connectivity index (χ1v) is 10.3. The van der Waals surface area contributed by atoms with Gasteiger partial charge in [0.1, 0.15) is 23.1 Å². The van der Waals surface area contributed by atoms with Crippen molar-refractivity contribution in [1.82, 2.24) is 15.6 Å². The third-order valence-electron chi connectivity index (χ3n) is 4.40. The van der Waals surface area contributed by atoms with Gasteiger partial charge in [0, 0.05) is 6.54 Å².